The number of carbonyl (C=O) groups is 2. The van der Waals surface area contributed by atoms with Crippen molar-refractivity contribution in [2.45, 2.75) is 39.5 Å². The van der Waals surface area contributed by atoms with Gasteiger partial charge in [-0.15, -0.1) is 0 Å². The number of carboxylic acids is 1. The molecule has 3 aliphatic rings. The highest BCUT2D eigenvalue weighted by molar-refractivity contribution is 6.01. The summed E-state index contributed by atoms with van der Waals surface area (Å²) in [6.07, 6.45) is 10.9. The van der Waals surface area contributed by atoms with E-state index < -0.39 is 11.9 Å². The number of hydrogen-bond donors (Lipinski definition) is 1. The van der Waals surface area contributed by atoms with E-state index in [2.05, 4.69) is 35.8 Å². The second-order valence-corrected chi connectivity index (χ2v) is 9.99. The lowest BCUT2D eigenvalue weighted by atomic mass is 9.94. The van der Waals surface area contributed by atoms with Crippen LogP contribution in [0.25, 0.3) is 11.8 Å². The molecule has 7 nitrogen and oxygen atoms in total. The zero-order valence-corrected chi connectivity index (χ0v) is 22.2. The van der Waals surface area contributed by atoms with Crippen LogP contribution in [0.15, 0.2) is 59.4 Å². The van der Waals surface area contributed by atoms with Gasteiger partial charge in [-0.2, -0.15) is 0 Å². The molecule has 0 radical (unpaired) electrons. The number of rotatable bonds is 7. The van der Waals surface area contributed by atoms with E-state index in [1.807, 2.05) is 33.0 Å². The van der Waals surface area contributed by atoms with Crippen molar-refractivity contribution in [3.63, 3.8) is 0 Å². The third kappa shape index (κ3) is 5.50. The molecule has 1 unspecified atom stereocenters. The highest BCUT2D eigenvalue weighted by atomic mass is 16.5. The minimum Gasteiger partial charge on any atom is -0.496 e. The molecule has 196 valence electrons. The van der Waals surface area contributed by atoms with E-state index in [1.54, 1.807) is 12.0 Å². The summed E-state index contributed by atoms with van der Waals surface area (Å²) in [5, 5.41) is 9.43. The lowest BCUT2D eigenvalue weighted by molar-refractivity contribution is -0.142. The maximum atomic E-state index is 13.7. The van der Waals surface area contributed by atoms with Gasteiger partial charge in [-0.05, 0) is 51.7 Å². The number of allylic oxidation sites excluding steroid dienone is 4. The van der Waals surface area contributed by atoms with Crippen molar-refractivity contribution < 1.29 is 24.2 Å². The van der Waals surface area contributed by atoms with Crippen LogP contribution in [0.3, 0.4) is 0 Å². The van der Waals surface area contributed by atoms with E-state index in [1.165, 1.54) is 0 Å². The highest BCUT2D eigenvalue weighted by Crippen LogP contribution is 2.43. The molecule has 1 aromatic carbocycles. The molecule has 1 aromatic rings. The van der Waals surface area contributed by atoms with Gasteiger partial charge in [0.05, 0.1) is 18.7 Å². The number of fused-ring (bicyclic) bond motifs is 1. The summed E-state index contributed by atoms with van der Waals surface area (Å²) in [6, 6.07) is 3.95. The van der Waals surface area contributed by atoms with Gasteiger partial charge in [0, 0.05) is 54.2 Å². The monoisotopic (exact) mass is 504 g/mol. The molecule has 1 saturated heterocycles. The number of benzene rings is 1. The first kappa shape index (κ1) is 26.3. The van der Waals surface area contributed by atoms with Gasteiger partial charge in [0.1, 0.15) is 18.1 Å². The van der Waals surface area contributed by atoms with Crippen LogP contribution in [0.4, 0.5) is 0 Å². The van der Waals surface area contributed by atoms with Crippen LogP contribution in [-0.2, 0) is 9.59 Å². The summed E-state index contributed by atoms with van der Waals surface area (Å²) in [7, 11) is 3.64. The molecule has 1 fully saturated rings. The fourth-order valence-electron chi connectivity index (χ4n) is 5.17. The molecule has 2 aliphatic heterocycles. The van der Waals surface area contributed by atoms with Gasteiger partial charge in [0.25, 0.3) is 5.91 Å². The number of ether oxygens (including phenoxy) is 2. The van der Waals surface area contributed by atoms with Crippen LogP contribution in [-0.4, -0.2) is 60.6 Å². The summed E-state index contributed by atoms with van der Waals surface area (Å²) in [4.78, 5) is 29.0. The Bertz CT molecular complexity index is 1230. The second kappa shape index (κ2) is 11.1. The number of hydrogen-bond acceptors (Lipinski definition) is 5. The van der Waals surface area contributed by atoms with E-state index in [0.717, 1.165) is 45.8 Å². The fourth-order valence-corrected chi connectivity index (χ4v) is 5.17. The maximum Gasteiger partial charge on any atom is 0.306 e. The Morgan fingerprint density at radius 2 is 2.03 bits per heavy atom. The molecule has 4 rings (SSSR count). The van der Waals surface area contributed by atoms with Crippen molar-refractivity contribution in [3.05, 3.63) is 70.5 Å². The first-order valence-electron chi connectivity index (χ1n) is 12.8. The minimum atomic E-state index is -0.794. The molecule has 0 spiro atoms. The smallest absolute Gasteiger partial charge is 0.306 e. The van der Waals surface area contributed by atoms with Gasteiger partial charge in [0.15, 0.2) is 0 Å². The second-order valence-electron chi connectivity index (χ2n) is 9.99. The van der Waals surface area contributed by atoms with E-state index in [4.69, 9.17) is 9.47 Å². The molecule has 37 heavy (non-hydrogen) atoms. The van der Waals surface area contributed by atoms with Crippen LogP contribution in [0, 0.1) is 5.92 Å². The SMILES string of the molecule is C=C(C(=O)N1CCCC(C(=O)O)CC1)C1=C(N(C)C2=CCC=C2)c2cc(C=C(C)C)c(OC)cc2OC1. The van der Waals surface area contributed by atoms with E-state index >= 15 is 0 Å². The van der Waals surface area contributed by atoms with Gasteiger partial charge in [-0.25, -0.2) is 0 Å². The van der Waals surface area contributed by atoms with Crippen LogP contribution < -0.4 is 9.47 Å². The molecule has 1 aliphatic carbocycles. The molecule has 1 atom stereocenters. The third-order valence-electron chi connectivity index (χ3n) is 7.15. The summed E-state index contributed by atoms with van der Waals surface area (Å²) >= 11 is 0. The van der Waals surface area contributed by atoms with Gasteiger partial charge >= 0.3 is 5.97 Å². The predicted molar refractivity (Wildman–Crippen MR) is 145 cm³/mol. The van der Waals surface area contributed by atoms with Gasteiger partial charge in [-0.3, -0.25) is 9.59 Å². The van der Waals surface area contributed by atoms with Crippen molar-refractivity contribution in [2.24, 2.45) is 5.92 Å². The number of methoxy groups -OCH3 is 1. The van der Waals surface area contributed by atoms with Gasteiger partial charge in [-0.1, -0.05) is 30.4 Å². The van der Waals surface area contributed by atoms with Crippen molar-refractivity contribution in [1.82, 2.24) is 9.80 Å². The Morgan fingerprint density at radius 3 is 2.68 bits per heavy atom. The Hall–Kier alpha value is -3.74. The Kier molecular flexibility index (Phi) is 7.91. The average Bonchev–Trinajstić information content (AvgIpc) is 3.30. The quantitative estimate of drug-likeness (QED) is 0.510. The lowest BCUT2D eigenvalue weighted by Crippen LogP contribution is -2.35. The first-order chi connectivity index (χ1) is 17.7. The van der Waals surface area contributed by atoms with Crippen molar-refractivity contribution in [3.8, 4) is 11.5 Å². The van der Waals surface area contributed by atoms with Crippen molar-refractivity contribution in [2.75, 3.05) is 33.9 Å². The van der Waals surface area contributed by atoms with Crippen LogP contribution in [0.5, 0.6) is 11.5 Å². The Labute approximate surface area is 219 Å². The molecular weight excluding hydrogens is 468 g/mol. The third-order valence-corrected chi connectivity index (χ3v) is 7.15. The predicted octanol–water partition coefficient (Wildman–Crippen LogP) is 5.27. The fraction of sp³-hybridized carbons (Fsp3) is 0.400. The zero-order valence-electron chi connectivity index (χ0n) is 22.2. The highest BCUT2D eigenvalue weighted by Gasteiger charge is 2.32. The average molecular weight is 505 g/mol. The number of likely N-dealkylation sites (tertiary alicyclic amines) is 1. The minimum absolute atomic E-state index is 0.173. The molecule has 0 saturated carbocycles. The normalized spacial score (nSPS) is 18.9. The molecular formula is C30H36N2O5. The Balaban J connectivity index is 1.77. The molecule has 1 N–H and O–H groups in total. The molecule has 0 bridgehead atoms. The topological polar surface area (TPSA) is 79.3 Å². The lowest BCUT2D eigenvalue weighted by Gasteiger charge is -2.33. The van der Waals surface area contributed by atoms with Crippen LogP contribution in [0.2, 0.25) is 0 Å². The number of nitrogens with zero attached hydrogens (tertiary/aromatic N) is 2. The molecule has 7 heteroatoms. The Morgan fingerprint density at radius 1 is 1.24 bits per heavy atom. The van der Waals surface area contributed by atoms with Gasteiger partial charge < -0.3 is 24.4 Å². The maximum absolute atomic E-state index is 13.7. The number of carboxylic acid groups (broad SMARTS) is 1. The van der Waals surface area contributed by atoms with E-state index in [9.17, 15) is 14.7 Å². The summed E-state index contributed by atoms with van der Waals surface area (Å²) in [5.41, 5.74) is 5.96. The van der Waals surface area contributed by atoms with Crippen molar-refractivity contribution >= 4 is 23.6 Å². The zero-order chi connectivity index (χ0) is 26.7. The summed E-state index contributed by atoms with van der Waals surface area (Å²) in [5.74, 6) is 0.0278. The molecule has 1 amide bonds. The summed E-state index contributed by atoms with van der Waals surface area (Å²) < 4.78 is 11.8. The first-order valence-corrected chi connectivity index (χ1v) is 12.8. The largest absolute Gasteiger partial charge is 0.496 e. The van der Waals surface area contributed by atoms with Crippen LogP contribution in [0.1, 0.15) is 50.7 Å². The number of amides is 1. The number of likely N-dealkylation sites (N-methyl/N-ethyl adjacent to an activating group) is 1. The standard InChI is InChI=1S/C30H36N2O5/c1-19(2)15-22-16-24-27(17-26(22)36-5)37-18-25(28(24)31(4)23-10-6-7-11-23)20(3)29(33)32-13-8-9-21(12-14-32)30(34)35/h6,10-11,15-17,21H,3,7-9,12-14,18H2,1-2,4-5H3,(H,34,35). The molecule has 0 aromatic heterocycles. The number of carbonyl (C=O) groups excluding carboxylic acids is 1. The van der Waals surface area contributed by atoms with Gasteiger partial charge in [0.2, 0.25) is 0 Å². The van der Waals surface area contributed by atoms with Crippen molar-refractivity contribution in [1.29, 1.82) is 0 Å². The van der Waals surface area contributed by atoms with Crippen LogP contribution >= 0.6 is 0 Å². The summed E-state index contributed by atoms with van der Waals surface area (Å²) in [6.45, 7) is 9.42. The van der Waals surface area contributed by atoms with E-state index in [-0.39, 0.29) is 12.5 Å². The molecule has 2 heterocycles. The van der Waals surface area contributed by atoms with E-state index in [0.29, 0.717) is 43.7 Å². The number of aliphatic carboxylic acids is 1.